The van der Waals surface area contributed by atoms with Crippen molar-refractivity contribution >= 4 is 17.3 Å². The zero-order valence-electron chi connectivity index (χ0n) is 14.6. The largest absolute Gasteiger partial charge is 0.481 e. The molecule has 3 rings (SSSR count). The van der Waals surface area contributed by atoms with Gasteiger partial charge in [-0.25, -0.2) is 4.98 Å². The van der Waals surface area contributed by atoms with E-state index in [1.54, 1.807) is 11.3 Å². The van der Waals surface area contributed by atoms with Gasteiger partial charge < -0.3 is 5.11 Å². The van der Waals surface area contributed by atoms with Crippen LogP contribution in [0.2, 0.25) is 0 Å². The highest BCUT2D eigenvalue weighted by molar-refractivity contribution is 7.09. The van der Waals surface area contributed by atoms with E-state index in [4.69, 9.17) is 10.1 Å². The maximum Gasteiger partial charge on any atom is 0.303 e. The van der Waals surface area contributed by atoms with Crippen molar-refractivity contribution < 1.29 is 9.90 Å². The molecule has 1 unspecified atom stereocenters. The Labute approximate surface area is 153 Å². The molecule has 5 heteroatoms. The predicted molar refractivity (Wildman–Crippen MR) is 101 cm³/mol. The average Bonchev–Trinajstić information content (AvgIpc) is 3.07. The molecule has 1 fully saturated rings. The van der Waals surface area contributed by atoms with Crippen LogP contribution in [0.15, 0.2) is 35.7 Å². The number of nitrogens with zero attached hydrogens (tertiary/aromatic N) is 2. The van der Waals surface area contributed by atoms with Crippen molar-refractivity contribution in [2.75, 3.05) is 13.1 Å². The summed E-state index contributed by atoms with van der Waals surface area (Å²) in [6, 6.07) is 10.5. The van der Waals surface area contributed by atoms with Gasteiger partial charge >= 0.3 is 5.97 Å². The Morgan fingerprint density at radius 3 is 2.92 bits per heavy atom. The molecule has 0 saturated carbocycles. The number of hydrogen-bond donors (Lipinski definition) is 1. The smallest absolute Gasteiger partial charge is 0.303 e. The molecule has 1 aromatic carbocycles. The van der Waals surface area contributed by atoms with Crippen molar-refractivity contribution in [3.05, 3.63) is 52.0 Å². The summed E-state index contributed by atoms with van der Waals surface area (Å²) in [4.78, 5) is 18.0. The number of piperidine rings is 1. The molecule has 0 amide bonds. The van der Waals surface area contributed by atoms with E-state index in [1.165, 1.54) is 10.6 Å². The van der Waals surface area contributed by atoms with E-state index < -0.39 is 5.97 Å². The van der Waals surface area contributed by atoms with Crippen molar-refractivity contribution in [3.8, 4) is 0 Å². The first-order valence-corrected chi connectivity index (χ1v) is 9.98. The summed E-state index contributed by atoms with van der Waals surface area (Å²) in [6.07, 6.45) is 5.44. The fraction of sp³-hybridized carbons (Fsp3) is 0.500. The Balaban J connectivity index is 1.46. The van der Waals surface area contributed by atoms with Gasteiger partial charge in [0.15, 0.2) is 0 Å². The van der Waals surface area contributed by atoms with Crippen LogP contribution >= 0.6 is 11.3 Å². The lowest BCUT2D eigenvalue weighted by Gasteiger charge is -2.32. The number of likely N-dealkylation sites (tertiary alicyclic amines) is 1. The highest BCUT2D eigenvalue weighted by Crippen LogP contribution is 2.23. The number of aryl methyl sites for hydroxylation is 2. The van der Waals surface area contributed by atoms with Gasteiger partial charge in [-0.15, -0.1) is 11.3 Å². The third-order valence-corrected chi connectivity index (χ3v) is 5.78. The highest BCUT2D eigenvalue weighted by atomic mass is 32.1. The summed E-state index contributed by atoms with van der Waals surface area (Å²) < 4.78 is 0. The topological polar surface area (TPSA) is 53.4 Å². The molecule has 4 nitrogen and oxygen atoms in total. The Kier molecular flexibility index (Phi) is 6.59. The van der Waals surface area contributed by atoms with Gasteiger partial charge in [0, 0.05) is 31.3 Å². The minimum Gasteiger partial charge on any atom is -0.481 e. The minimum atomic E-state index is -0.681. The Morgan fingerprint density at radius 2 is 2.12 bits per heavy atom. The van der Waals surface area contributed by atoms with Gasteiger partial charge in [0.1, 0.15) is 0 Å². The zero-order chi connectivity index (χ0) is 17.5. The minimum absolute atomic E-state index is 0.291. The Hall–Kier alpha value is -1.72. The molecule has 2 heterocycles. The summed E-state index contributed by atoms with van der Waals surface area (Å²) in [7, 11) is 0. The molecule has 25 heavy (non-hydrogen) atoms. The van der Waals surface area contributed by atoms with Crippen molar-refractivity contribution in [1.82, 2.24) is 9.88 Å². The van der Waals surface area contributed by atoms with Gasteiger partial charge in [-0.3, -0.25) is 9.69 Å². The summed E-state index contributed by atoms with van der Waals surface area (Å²) in [5, 5.41) is 12.2. The second-order valence-electron chi connectivity index (χ2n) is 6.89. The molecule has 1 aliphatic heterocycles. The number of thiazole rings is 1. The maximum absolute atomic E-state index is 10.8. The molecular formula is C20H26N2O2S. The molecule has 1 aliphatic rings. The van der Waals surface area contributed by atoms with E-state index in [1.807, 2.05) is 6.07 Å². The summed E-state index contributed by atoms with van der Waals surface area (Å²) in [5.74, 6) is -0.166. The van der Waals surface area contributed by atoms with E-state index in [-0.39, 0.29) is 0 Å². The quantitative estimate of drug-likeness (QED) is 0.775. The predicted octanol–water partition coefficient (Wildman–Crippen LogP) is 4.01. The number of benzene rings is 1. The molecule has 1 aromatic heterocycles. The van der Waals surface area contributed by atoms with Crippen molar-refractivity contribution in [2.45, 2.75) is 45.1 Å². The summed E-state index contributed by atoms with van der Waals surface area (Å²) in [6.45, 7) is 3.00. The summed E-state index contributed by atoms with van der Waals surface area (Å²) >= 11 is 1.76. The average molecular weight is 359 g/mol. The van der Waals surface area contributed by atoms with E-state index >= 15 is 0 Å². The molecular weight excluding hydrogens is 332 g/mol. The van der Waals surface area contributed by atoms with Crippen molar-refractivity contribution in [3.63, 3.8) is 0 Å². The van der Waals surface area contributed by atoms with Gasteiger partial charge in [0.05, 0.1) is 10.7 Å². The standard InChI is InChI=1S/C20H26N2O2S/c23-20(24)11-9-17-7-4-12-22(13-17)14-18-15-25-19(21-18)10-8-16-5-2-1-3-6-16/h1-3,5-6,15,17H,4,7-14H2,(H,23,24). The zero-order valence-corrected chi connectivity index (χ0v) is 15.4. The first kappa shape index (κ1) is 18.1. The van der Waals surface area contributed by atoms with Crippen LogP contribution in [0.1, 0.15) is 41.9 Å². The molecule has 0 bridgehead atoms. The second-order valence-corrected chi connectivity index (χ2v) is 7.84. The monoisotopic (exact) mass is 358 g/mol. The van der Waals surface area contributed by atoms with Crippen LogP contribution in [-0.2, 0) is 24.2 Å². The number of aliphatic carboxylic acids is 1. The lowest BCUT2D eigenvalue weighted by molar-refractivity contribution is -0.137. The second kappa shape index (κ2) is 9.11. The van der Waals surface area contributed by atoms with E-state index in [9.17, 15) is 4.79 Å². The molecule has 2 aromatic rings. The molecule has 0 spiro atoms. The highest BCUT2D eigenvalue weighted by Gasteiger charge is 2.21. The maximum atomic E-state index is 10.8. The fourth-order valence-corrected chi connectivity index (χ4v) is 4.31. The van der Waals surface area contributed by atoms with Crippen LogP contribution in [0.4, 0.5) is 0 Å². The molecule has 1 saturated heterocycles. The number of rotatable bonds is 8. The molecule has 1 atom stereocenters. The SMILES string of the molecule is O=C(O)CCC1CCCN(Cc2csc(CCc3ccccc3)n2)C1. The number of aromatic nitrogens is 1. The molecule has 134 valence electrons. The van der Waals surface area contributed by atoms with Gasteiger partial charge in [0.25, 0.3) is 0 Å². The number of carbonyl (C=O) groups is 1. The molecule has 0 radical (unpaired) electrons. The van der Waals surface area contributed by atoms with E-state index in [2.05, 4.69) is 34.5 Å². The van der Waals surface area contributed by atoms with Gasteiger partial charge in [-0.05, 0) is 43.7 Å². The van der Waals surface area contributed by atoms with Gasteiger partial charge in [-0.2, -0.15) is 0 Å². The van der Waals surface area contributed by atoms with E-state index in [0.29, 0.717) is 12.3 Å². The lowest BCUT2D eigenvalue weighted by Crippen LogP contribution is -2.35. The molecule has 1 N–H and O–H groups in total. The van der Waals surface area contributed by atoms with Gasteiger partial charge in [-0.1, -0.05) is 30.3 Å². The van der Waals surface area contributed by atoms with Crippen LogP contribution in [-0.4, -0.2) is 34.0 Å². The number of carboxylic acid groups (broad SMARTS) is 1. The third kappa shape index (κ3) is 5.94. The Bertz CT molecular complexity index is 671. The van der Waals surface area contributed by atoms with Crippen LogP contribution in [0.5, 0.6) is 0 Å². The summed E-state index contributed by atoms with van der Waals surface area (Å²) in [5.41, 5.74) is 2.52. The third-order valence-electron chi connectivity index (χ3n) is 4.82. The van der Waals surface area contributed by atoms with Crippen LogP contribution < -0.4 is 0 Å². The number of hydrogen-bond acceptors (Lipinski definition) is 4. The van der Waals surface area contributed by atoms with Crippen LogP contribution in [0.3, 0.4) is 0 Å². The first-order chi connectivity index (χ1) is 12.2. The first-order valence-electron chi connectivity index (χ1n) is 9.10. The van der Waals surface area contributed by atoms with Gasteiger partial charge in [0.2, 0.25) is 0 Å². The fourth-order valence-electron chi connectivity index (χ4n) is 3.52. The van der Waals surface area contributed by atoms with Crippen molar-refractivity contribution in [2.24, 2.45) is 5.92 Å². The van der Waals surface area contributed by atoms with Crippen molar-refractivity contribution in [1.29, 1.82) is 0 Å². The normalized spacial score (nSPS) is 18.3. The van der Waals surface area contributed by atoms with E-state index in [0.717, 1.165) is 57.4 Å². The van der Waals surface area contributed by atoms with Crippen LogP contribution in [0, 0.1) is 5.92 Å². The number of carboxylic acids is 1. The molecule has 0 aliphatic carbocycles. The Morgan fingerprint density at radius 1 is 1.28 bits per heavy atom. The lowest BCUT2D eigenvalue weighted by atomic mass is 9.93. The van der Waals surface area contributed by atoms with Crippen LogP contribution in [0.25, 0.3) is 0 Å².